The van der Waals surface area contributed by atoms with Crippen molar-refractivity contribution in [2.75, 3.05) is 31.1 Å². The van der Waals surface area contributed by atoms with Gasteiger partial charge in [-0.05, 0) is 43.2 Å². The number of nitrogens with zero attached hydrogens (tertiary/aromatic N) is 3. The van der Waals surface area contributed by atoms with Gasteiger partial charge >= 0.3 is 12.3 Å². The van der Waals surface area contributed by atoms with Crippen LogP contribution >= 0.6 is 11.3 Å². The lowest BCUT2D eigenvalue weighted by Crippen LogP contribution is -2.60. The number of hydrogen-bond acceptors (Lipinski definition) is 8. The molecule has 1 atom stereocenters. The molecule has 1 aliphatic heterocycles. The second-order valence-corrected chi connectivity index (χ2v) is 11.7. The number of rotatable bonds is 9. The quantitative estimate of drug-likeness (QED) is 0.384. The summed E-state index contributed by atoms with van der Waals surface area (Å²) in [6, 6.07) is 11.9. The van der Waals surface area contributed by atoms with E-state index in [-0.39, 0.29) is 36.0 Å². The van der Waals surface area contributed by atoms with Gasteiger partial charge in [-0.1, -0.05) is 41.7 Å². The summed E-state index contributed by atoms with van der Waals surface area (Å²) >= 11 is 0.924. The van der Waals surface area contributed by atoms with Gasteiger partial charge in [0.05, 0.1) is 10.6 Å². The molecule has 0 saturated carbocycles. The number of carboxylic acids is 1. The predicted octanol–water partition coefficient (Wildman–Crippen LogP) is 3.29. The molecule has 15 heteroatoms. The zero-order valence-corrected chi connectivity index (χ0v) is 22.7. The number of halogens is 3. The van der Waals surface area contributed by atoms with Gasteiger partial charge in [-0.3, -0.25) is 4.79 Å². The van der Waals surface area contributed by atoms with Crippen LogP contribution in [0, 0.1) is 6.92 Å². The summed E-state index contributed by atoms with van der Waals surface area (Å²) in [5.74, 6) is -2.30. The molecular weight excluding hydrogens is 573 g/mol. The van der Waals surface area contributed by atoms with Crippen molar-refractivity contribution in [3.8, 4) is 5.75 Å². The third kappa shape index (κ3) is 6.89. The Morgan fingerprint density at radius 1 is 1.12 bits per heavy atom. The molecule has 1 aliphatic rings. The van der Waals surface area contributed by atoms with E-state index in [0.29, 0.717) is 17.2 Å². The van der Waals surface area contributed by atoms with Gasteiger partial charge in [0.1, 0.15) is 16.7 Å². The van der Waals surface area contributed by atoms with Gasteiger partial charge < -0.3 is 20.1 Å². The molecule has 10 nitrogen and oxygen atoms in total. The van der Waals surface area contributed by atoms with Gasteiger partial charge in [0.2, 0.25) is 15.9 Å². The Morgan fingerprint density at radius 3 is 2.40 bits per heavy atom. The number of carbonyl (C=O) groups is 2. The van der Waals surface area contributed by atoms with E-state index in [1.165, 1.54) is 0 Å². The van der Waals surface area contributed by atoms with Crippen molar-refractivity contribution in [2.45, 2.75) is 30.6 Å². The third-order valence-corrected chi connectivity index (χ3v) is 9.23. The number of aromatic carboxylic acids is 1. The number of anilines is 1. The Bertz CT molecular complexity index is 1460. The van der Waals surface area contributed by atoms with E-state index < -0.39 is 40.1 Å². The Morgan fingerprint density at radius 2 is 1.80 bits per heavy atom. The normalized spacial score (nSPS) is 16.5. The standard InChI is InChI=1S/C25H25F3N4O6S2/c1-16-21(23(34)35)39-24(30-16)31-13-14-32(20(15-31)22(33)29-12-11-17-5-3-2-4-6-17)40(36,37)19-9-7-18(8-10-19)38-25(26,27)28/h2-10,20H,11-15H2,1H3,(H,29,33)(H,34,35). The van der Waals surface area contributed by atoms with Crippen molar-refractivity contribution >= 4 is 38.4 Å². The average Bonchev–Trinajstić information content (AvgIpc) is 3.30. The maximum atomic E-state index is 13.6. The number of sulfonamides is 1. The lowest BCUT2D eigenvalue weighted by molar-refractivity contribution is -0.274. The molecule has 2 aromatic carbocycles. The lowest BCUT2D eigenvalue weighted by atomic mass is 10.1. The second kappa shape index (κ2) is 11.8. The van der Waals surface area contributed by atoms with E-state index in [2.05, 4.69) is 15.0 Å². The fraction of sp³-hybridized carbons (Fsp3) is 0.320. The molecule has 1 aromatic heterocycles. The Labute approximate surface area is 232 Å². The first-order valence-corrected chi connectivity index (χ1v) is 14.3. The predicted molar refractivity (Wildman–Crippen MR) is 140 cm³/mol. The van der Waals surface area contributed by atoms with Crippen molar-refractivity contribution < 1.29 is 41.0 Å². The minimum atomic E-state index is -4.94. The summed E-state index contributed by atoms with van der Waals surface area (Å²) in [7, 11) is -4.32. The Kier molecular flexibility index (Phi) is 8.65. The SMILES string of the molecule is Cc1nc(N2CCN(S(=O)(=O)c3ccc(OC(F)(F)F)cc3)C(C(=O)NCCc3ccccc3)C2)sc1C(=O)O. The number of piperazine rings is 1. The van der Waals surface area contributed by atoms with Gasteiger partial charge in [0, 0.05) is 26.2 Å². The maximum Gasteiger partial charge on any atom is 0.573 e. The maximum absolute atomic E-state index is 13.6. The number of carboxylic acid groups (broad SMARTS) is 1. The summed E-state index contributed by atoms with van der Waals surface area (Å²) in [6.45, 7) is 1.62. The number of nitrogens with one attached hydrogen (secondary N) is 1. The van der Waals surface area contributed by atoms with E-state index >= 15 is 0 Å². The molecule has 0 spiro atoms. The van der Waals surface area contributed by atoms with E-state index in [1.54, 1.807) is 11.8 Å². The Hall–Kier alpha value is -3.69. The number of amides is 1. The van der Waals surface area contributed by atoms with Crippen LogP contribution in [0.1, 0.15) is 20.9 Å². The first-order valence-electron chi connectivity index (χ1n) is 12.0. The van der Waals surface area contributed by atoms with E-state index in [9.17, 15) is 36.3 Å². The van der Waals surface area contributed by atoms with Crippen LogP contribution in [-0.2, 0) is 21.2 Å². The highest BCUT2D eigenvalue weighted by Gasteiger charge is 2.41. The molecule has 0 aliphatic carbocycles. The van der Waals surface area contributed by atoms with E-state index in [1.807, 2.05) is 30.3 Å². The molecule has 3 aromatic rings. The van der Waals surface area contributed by atoms with E-state index in [0.717, 1.165) is 45.5 Å². The molecule has 1 saturated heterocycles. The lowest BCUT2D eigenvalue weighted by Gasteiger charge is -2.39. The van der Waals surface area contributed by atoms with Crippen LogP contribution in [0.5, 0.6) is 5.75 Å². The molecule has 1 unspecified atom stereocenters. The minimum Gasteiger partial charge on any atom is -0.477 e. The summed E-state index contributed by atoms with van der Waals surface area (Å²) in [4.78, 5) is 30.5. The van der Waals surface area contributed by atoms with Crippen LogP contribution < -0.4 is 15.0 Å². The number of ether oxygens (including phenoxy) is 1. The van der Waals surface area contributed by atoms with Crippen LogP contribution in [-0.4, -0.2) is 73.3 Å². The fourth-order valence-electron chi connectivity index (χ4n) is 4.20. The zero-order chi connectivity index (χ0) is 29.1. The minimum absolute atomic E-state index is 0.0371. The Balaban J connectivity index is 1.57. The highest BCUT2D eigenvalue weighted by atomic mass is 32.2. The van der Waals surface area contributed by atoms with Gasteiger partial charge in [-0.25, -0.2) is 18.2 Å². The number of benzene rings is 2. The fourth-order valence-corrected chi connectivity index (χ4v) is 6.71. The summed E-state index contributed by atoms with van der Waals surface area (Å²) < 4.78 is 69.5. The molecule has 2 N–H and O–H groups in total. The highest BCUT2D eigenvalue weighted by Crippen LogP contribution is 2.31. The third-order valence-electron chi connectivity index (χ3n) is 6.10. The van der Waals surface area contributed by atoms with Crippen LogP contribution in [0.3, 0.4) is 0 Å². The summed E-state index contributed by atoms with van der Waals surface area (Å²) in [5, 5.41) is 12.5. The average molecular weight is 599 g/mol. The monoisotopic (exact) mass is 598 g/mol. The van der Waals surface area contributed by atoms with Crippen LogP contribution in [0.4, 0.5) is 18.3 Å². The van der Waals surface area contributed by atoms with Crippen molar-refractivity contribution in [1.82, 2.24) is 14.6 Å². The number of carbonyl (C=O) groups excluding carboxylic acids is 1. The van der Waals surface area contributed by atoms with E-state index in [4.69, 9.17) is 0 Å². The summed E-state index contributed by atoms with van der Waals surface area (Å²) in [5.41, 5.74) is 1.27. The number of aromatic nitrogens is 1. The largest absolute Gasteiger partial charge is 0.573 e. The molecule has 1 amide bonds. The number of hydrogen-bond donors (Lipinski definition) is 2. The molecule has 1 fully saturated rings. The second-order valence-electron chi connectivity index (χ2n) is 8.84. The molecule has 2 heterocycles. The molecule has 4 rings (SSSR count). The number of aryl methyl sites for hydroxylation is 1. The first kappa shape index (κ1) is 29.3. The topological polar surface area (TPSA) is 129 Å². The molecular formula is C25H25F3N4O6S2. The molecule has 0 bridgehead atoms. The summed E-state index contributed by atoms with van der Waals surface area (Å²) in [6.07, 6.45) is -4.43. The molecule has 0 radical (unpaired) electrons. The van der Waals surface area contributed by atoms with Crippen molar-refractivity contribution in [3.05, 3.63) is 70.7 Å². The number of alkyl halides is 3. The molecule has 40 heavy (non-hydrogen) atoms. The number of thiazole rings is 1. The smallest absolute Gasteiger partial charge is 0.477 e. The molecule has 214 valence electrons. The van der Waals surface area contributed by atoms with Gasteiger partial charge in [-0.15, -0.1) is 13.2 Å². The van der Waals surface area contributed by atoms with Crippen LogP contribution in [0.2, 0.25) is 0 Å². The van der Waals surface area contributed by atoms with Gasteiger partial charge in [0.25, 0.3) is 0 Å². The van der Waals surface area contributed by atoms with Crippen molar-refractivity contribution in [2.24, 2.45) is 0 Å². The van der Waals surface area contributed by atoms with Gasteiger partial charge in [0.15, 0.2) is 5.13 Å². The highest BCUT2D eigenvalue weighted by molar-refractivity contribution is 7.89. The van der Waals surface area contributed by atoms with Crippen LogP contribution in [0.15, 0.2) is 59.5 Å². The van der Waals surface area contributed by atoms with Crippen molar-refractivity contribution in [1.29, 1.82) is 0 Å². The van der Waals surface area contributed by atoms with Gasteiger partial charge in [-0.2, -0.15) is 4.31 Å². The van der Waals surface area contributed by atoms with Crippen molar-refractivity contribution in [3.63, 3.8) is 0 Å². The first-order chi connectivity index (χ1) is 18.8. The zero-order valence-electron chi connectivity index (χ0n) is 21.1. The van der Waals surface area contributed by atoms with Crippen LogP contribution in [0.25, 0.3) is 0 Å².